The van der Waals surface area contributed by atoms with Gasteiger partial charge in [-0.15, -0.1) is 0 Å². The molecule has 0 aliphatic heterocycles. The highest BCUT2D eigenvalue weighted by molar-refractivity contribution is 4.92. The zero-order valence-electron chi connectivity index (χ0n) is 11.7. The van der Waals surface area contributed by atoms with Gasteiger partial charge in [0.25, 0.3) is 0 Å². The van der Waals surface area contributed by atoms with Crippen molar-refractivity contribution in [3.8, 4) is 0 Å². The summed E-state index contributed by atoms with van der Waals surface area (Å²) in [7, 11) is 0. The van der Waals surface area contributed by atoms with Crippen LogP contribution in [0.5, 0.6) is 0 Å². The van der Waals surface area contributed by atoms with Gasteiger partial charge in [-0.25, -0.2) is 0 Å². The van der Waals surface area contributed by atoms with E-state index in [0.717, 1.165) is 36.5 Å². The molecule has 1 N–H and O–H groups in total. The van der Waals surface area contributed by atoms with Crippen molar-refractivity contribution in [1.82, 2.24) is 0 Å². The van der Waals surface area contributed by atoms with E-state index in [4.69, 9.17) is 0 Å². The zero-order valence-corrected chi connectivity index (χ0v) is 11.7. The summed E-state index contributed by atoms with van der Waals surface area (Å²) in [5, 5.41) is 9.74. The van der Waals surface area contributed by atoms with Crippen molar-refractivity contribution in [2.75, 3.05) is 0 Å². The van der Waals surface area contributed by atoms with Gasteiger partial charge in [-0.2, -0.15) is 0 Å². The highest BCUT2D eigenvalue weighted by Crippen LogP contribution is 2.51. The van der Waals surface area contributed by atoms with E-state index < -0.39 is 0 Å². The molecule has 5 unspecified atom stereocenters. The molecule has 17 heavy (non-hydrogen) atoms. The van der Waals surface area contributed by atoms with Crippen molar-refractivity contribution in [3.05, 3.63) is 0 Å². The number of aliphatic hydroxyl groups excluding tert-OH is 1. The number of hydrogen-bond acceptors (Lipinski definition) is 1. The molecular weight excluding hydrogens is 208 g/mol. The molecule has 3 fully saturated rings. The maximum atomic E-state index is 9.74. The summed E-state index contributed by atoms with van der Waals surface area (Å²) in [4.78, 5) is 0. The van der Waals surface area contributed by atoms with Crippen LogP contribution in [0.2, 0.25) is 0 Å². The highest BCUT2D eigenvalue weighted by atomic mass is 16.3. The molecule has 100 valence electrons. The molecule has 5 atom stereocenters. The third kappa shape index (κ3) is 2.86. The normalized spacial score (nSPS) is 45.0. The predicted octanol–water partition coefficient (Wildman–Crippen LogP) is 4.39. The van der Waals surface area contributed by atoms with Crippen molar-refractivity contribution in [1.29, 1.82) is 0 Å². The summed E-state index contributed by atoms with van der Waals surface area (Å²) in [6.07, 6.45) is 12.4. The van der Waals surface area contributed by atoms with E-state index in [1.807, 2.05) is 13.8 Å². The van der Waals surface area contributed by atoms with Crippen LogP contribution in [0.25, 0.3) is 0 Å². The fraction of sp³-hybridized carbons (Fsp3) is 1.00. The van der Waals surface area contributed by atoms with Crippen molar-refractivity contribution in [2.45, 2.75) is 77.7 Å². The van der Waals surface area contributed by atoms with Gasteiger partial charge >= 0.3 is 0 Å². The van der Waals surface area contributed by atoms with E-state index in [2.05, 4.69) is 0 Å². The molecule has 0 aromatic heterocycles. The maximum absolute atomic E-state index is 9.74. The summed E-state index contributed by atoms with van der Waals surface area (Å²) in [6.45, 7) is 4.00. The summed E-state index contributed by atoms with van der Waals surface area (Å²) in [6, 6.07) is 0. The third-order valence-electron chi connectivity index (χ3n) is 5.44. The molecule has 1 nitrogen and oxygen atoms in total. The molecule has 3 rings (SSSR count). The van der Waals surface area contributed by atoms with Crippen molar-refractivity contribution in [3.63, 3.8) is 0 Å². The maximum Gasteiger partial charge on any atom is 0.0543 e. The van der Waals surface area contributed by atoms with Gasteiger partial charge in [-0.1, -0.05) is 33.1 Å². The van der Waals surface area contributed by atoms with Crippen LogP contribution < -0.4 is 0 Å². The Balaban J connectivity index is 0.000000514. The second kappa shape index (κ2) is 6.22. The van der Waals surface area contributed by atoms with Crippen LogP contribution in [0.3, 0.4) is 0 Å². The van der Waals surface area contributed by atoms with Gasteiger partial charge in [0.05, 0.1) is 6.10 Å². The number of aliphatic hydroxyl groups is 1. The van der Waals surface area contributed by atoms with E-state index in [1.165, 1.54) is 44.9 Å². The van der Waals surface area contributed by atoms with Crippen LogP contribution in [-0.4, -0.2) is 11.2 Å². The van der Waals surface area contributed by atoms with Crippen LogP contribution in [0, 0.1) is 23.7 Å². The molecule has 1 heteroatoms. The molecule has 0 aromatic rings. The van der Waals surface area contributed by atoms with Crippen molar-refractivity contribution >= 4 is 0 Å². The van der Waals surface area contributed by atoms with Crippen LogP contribution in [0.4, 0.5) is 0 Å². The van der Waals surface area contributed by atoms with Gasteiger partial charge in [-0.05, 0) is 62.2 Å². The Hall–Kier alpha value is -0.0400. The SMILES string of the molecule is CC.OC1CCC2C(CCC3CCCCC32)C1. The summed E-state index contributed by atoms with van der Waals surface area (Å²) in [5.41, 5.74) is 0. The summed E-state index contributed by atoms with van der Waals surface area (Å²) in [5.74, 6) is 3.99. The average Bonchev–Trinajstić information content (AvgIpc) is 2.40. The van der Waals surface area contributed by atoms with Crippen LogP contribution >= 0.6 is 0 Å². The van der Waals surface area contributed by atoms with Crippen molar-refractivity contribution in [2.24, 2.45) is 23.7 Å². The van der Waals surface area contributed by atoms with E-state index >= 15 is 0 Å². The van der Waals surface area contributed by atoms with Crippen molar-refractivity contribution < 1.29 is 5.11 Å². The Morgan fingerprint density at radius 1 is 0.706 bits per heavy atom. The van der Waals surface area contributed by atoms with Gasteiger partial charge in [-0.3, -0.25) is 0 Å². The highest BCUT2D eigenvalue weighted by Gasteiger charge is 2.42. The third-order valence-corrected chi connectivity index (χ3v) is 5.44. The van der Waals surface area contributed by atoms with E-state index in [1.54, 1.807) is 0 Å². The lowest BCUT2D eigenvalue weighted by atomic mass is 9.57. The molecule has 3 aliphatic carbocycles. The minimum Gasteiger partial charge on any atom is -0.393 e. The second-order valence-electron chi connectivity index (χ2n) is 6.18. The fourth-order valence-corrected chi connectivity index (χ4v) is 4.74. The molecule has 0 radical (unpaired) electrons. The van der Waals surface area contributed by atoms with Gasteiger partial charge in [0.1, 0.15) is 0 Å². The zero-order chi connectivity index (χ0) is 12.3. The molecule has 0 spiro atoms. The smallest absolute Gasteiger partial charge is 0.0543 e. The lowest BCUT2D eigenvalue weighted by Crippen LogP contribution is -2.41. The standard InChI is InChI=1S/C14H24O.C2H6/c15-12-7-8-14-11(9-12)6-5-10-3-1-2-4-13(10)14;1-2/h10-15H,1-9H2;1-2H3. The largest absolute Gasteiger partial charge is 0.393 e. The van der Waals surface area contributed by atoms with Crippen LogP contribution in [0.1, 0.15) is 71.6 Å². The minimum atomic E-state index is 0.0337. The molecular formula is C16H30O. The van der Waals surface area contributed by atoms with Gasteiger partial charge < -0.3 is 5.11 Å². The molecule has 0 heterocycles. The first-order valence-corrected chi connectivity index (χ1v) is 8.02. The topological polar surface area (TPSA) is 20.2 Å². The summed E-state index contributed by atoms with van der Waals surface area (Å²) >= 11 is 0. The minimum absolute atomic E-state index is 0.0337. The first-order chi connectivity index (χ1) is 8.34. The van der Waals surface area contributed by atoms with Gasteiger partial charge in [0.15, 0.2) is 0 Å². The molecule has 0 aromatic carbocycles. The van der Waals surface area contributed by atoms with E-state index in [-0.39, 0.29) is 6.10 Å². The lowest BCUT2D eigenvalue weighted by molar-refractivity contribution is -0.0169. The molecule has 0 saturated heterocycles. The van der Waals surface area contributed by atoms with Crippen LogP contribution in [0.15, 0.2) is 0 Å². The molecule has 3 saturated carbocycles. The number of hydrogen-bond donors (Lipinski definition) is 1. The molecule has 3 aliphatic rings. The average molecular weight is 238 g/mol. The number of fused-ring (bicyclic) bond motifs is 3. The number of rotatable bonds is 0. The molecule has 0 amide bonds. The Morgan fingerprint density at radius 3 is 2.18 bits per heavy atom. The summed E-state index contributed by atoms with van der Waals surface area (Å²) < 4.78 is 0. The fourth-order valence-electron chi connectivity index (χ4n) is 4.74. The Bertz CT molecular complexity index is 226. The molecule has 0 bridgehead atoms. The Kier molecular flexibility index (Phi) is 4.90. The Morgan fingerprint density at radius 2 is 1.35 bits per heavy atom. The second-order valence-corrected chi connectivity index (χ2v) is 6.18. The monoisotopic (exact) mass is 238 g/mol. The lowest BCUT2D eigenvalue weighted by Gasteiger charge is -2.48. The van der Waals surface area contributed by atoms with Gasteiger partial charge in [0.2, 0.25) is 0 Å². The van der Waals surface area contributed by atoms with E-state index in [0.29, 0.717) is 0 Å². The van der Waals surface area contributed by atoms with Crippen LogP contribution in [-0.2, 0) is 0 Å². The Labute approximate surface area is 107 Å². The first-order valence-electron chi connectivity index (χ1n) is 8.02. The first kappa shape index (κ1) is 13.4. The van der Waals surface area contributed by atoms with Gasteiger partial charge in [0, 0.05) is 0 Å². The predicted molar refractivity (Wildman–Crippen MR) is 72.9 cm³/mol. The van der Waals surface area contributed by atoms with E-state index in [9.17, 15) is 5.11 Å². The quantitative estimate of drug-likeness (QED) is 0.663.